The molecule has 1 aliphatic heterocycles. The molecule has 6 heteroatoms. The number of carbonyl (C=O) groups excluding carboxylic acids is 2. The zero-order valence-electron chi connectivity index (χ0n) is 17.0. The summed E-state index contributed by atoms with van der Waals surface area (Å²) in [5.74, 6) is 0.772. The van der Waals surface area contributed by atoms with Crippen molar-refractivity contribution in [1.82, 2.24) is 0 Å². The van der Waals surface area contributed by atoms with Crippen LogP contribution in [0.2, 0.25) is 0 Å². The van der Waals surface area contributed by atoms with Crippen molar-refractivity contribution in [3.8, 4) is 5.75 Å². The minimum Gasteiger partial charge on any atom is -0.495 e. The second-order valence-corrected chi connectivity index (χ2v) is 7.99. The molecule has 0 radical (unpaired) electrons. The average Bonchev–Trinajstić information content (AvgIpc) is 3.19. The first-order chi connectivity index (χ1) is 15.2. The highest BCUT2D eigenvalue weighted by atomic mass is 32.2. The van der Waals surface area contributed by atoms with Gasteiger partial charge < -0.3 is 10.1 Å². The van der Waals surface area contributed by atoms with Crippen LogP contribution in [0.3, 0.4) is 0 Å². The first kappa shape index (κ1) is 20.8. The lowest BCUT2D eigenvalue weighted by Gasteiger charge is -2.27. The van der Waals surface area contributed by atoms with Gasteiger partial charge in [0.2, 0.25) is 11.8 Å². The van der Waals surface area contributed by atoms with E-state index < -0.39 is 0 Å². The van der Waals surface area contributed by atoms with Crippen molar-refractivity contribution >= 4 is 41.0 Å². The molecule has 31 heavy (non-hydrogen) atoms. The maximum absolute atomic E-state index is 12.8. The summed E-state index contributed by atoms with van der Waals surface area (Å²) in [5.41, 5.74) is 3.21. The van der Waals surface area contributed by atoms with Gasteiger partial charge in [-0.2, -0.15) is 0 Å². The Morgan fingerprint density at radius 3 is 2.55 bits per heavy atom. The molecular weight excluding hydrogens is 408 g/mol. The number of thioether (sulfide) groups is 1. The molecule has 5 nitrogen and oxygen atoms in total. The van der Waals surface area contributed by atoms with Gasteiger partial charge in [0.1, 0.15) is 11.1 Å². The fourth-order valence-electron chi connectivity index (χ4n) is 3.48. The van der Waals surface area contributed by atoms with Crippen LogP contribution in [0.1, 0.15) is 16.5 Å². The number of carbonyl (C=O) groups is 2. The van der Waals surface area contributed by atoms with E-state index in [0.29, 0.717) is 17.2 Å². The van der Waals surface area contributed by atoms with E-state index in [4.69, 9.17) is 4.74 Å². The Balaban J connectivity index is 1.61. The molecule has 2 amide bonds. The predicted octanol–water partition coefficient (Wildman–Crippen LogP) is 5.13. The Bertz CT molecular complexity index is 1110. The molecule has 1 heterocycles. The lowest BCUT2D eigenvalue weighted by Crippen LogP contribution is -2.28. The number of benzene rings is 3. The average molecular weight is 431 g/mol. The highest BCUT2D eigenvalue weighted by Gasteiger charge is 2.36. The summed E-state index contributed by atoms with van der Waals surface area (Å²) in [5, 5.41) is 2.70. The van der Waals surface area contributed by atoms with E-state index in [1.54, 1.807) is 18.1 Å². The summed E-state index contributed by atoms with van der Waals surface area (Å²) in [6.45, 7) is 0. The Labute approximate surface area is 185 Å². The van der Waals surface area contributed by atoms with Gasteiger partial charge in [0.25, 0.3) is 0 Å². The molecule has 0 aliphatic carbocycles. The van der Waals surface area contributed by atoms with E-state index in [-0.39, 0.29) is 17.2 Å². The summed E-state index contributed by atoms with van der Waals surface area (Å²) in [6, 6.07) is 24.7. The predicted molar refractivity (Wildman–Crippen MR) is 126 cm³/mol. The minimum atomic E-state index is -0.265. The zero-order valence-corrected chi connectivity index (χ0v) is 17.8. The normalized spacial score (nSPS) is 16.0. The van der Waals surface area contributed by atoms with Crippen LogP contribution in [-0.2, 0) is 9.59 Å². The van der Waals surface area contributed by atoms with E-state index in [1.165, 1.54) is 17.8 Å². The number of amides is 2. The van der Waals surface area contributed by atoms with Crippen molar-refractivity contribution in [1.29, 1.82) is 0 Å². The molecule has 1 saturated heterocycles. The topological polar surface area (TPSA) is 58.6 Å². The molecule has 156 valence electrons. The van der Waals surface area contributed by atoms with Crippen LogP contribution >= 0.6 is 11.8 Å². The maximum atomic E-state index is 12.8. The highest BCUT2D eigenvalue weighted by Crippen LogP contribution is 2.46. The number of ether oxygens (including phenoxy) is 1. The summed E-state index contributed by atoms with van der Waals surface area (Å²) in [4.78, 5) is 27.1. The Hall–Kier alpha value is -3.51. The van der Waals surface area contributed by atoms with E-state index in [9.17, 15) is 9.59 Å². The van der Waals surface area contributed by atoms with E-state index in [0.717, 1.165) is 16.8 Å². The van der Waals surface area contributed by atoms with E-state index >= 15 is 0 Å². The van der Waals surface area contributed by atoms with Crippen molar-refractivity contribution in [2.24, 2.45) is 0 Å². The SMILES string of the molecule is COc1ccccc1N1C(=O)CSC1c1ccccc1NC(=O)/C=C/c1ccccc1. The van der Waals surface area contributed by atoms with Gasteiger partial charge in [-0.1, -0.05) is 60.7 Å². The second-order valence-electron chi connectivity index (χ2n) is 6.92. The Kier molecular flexibility index (Phi) is 6.38. The van der Waals surface area contributed by atoms with Crippen LogP contribution in [0.5, 0.6) is 5.75 Å². The zero-order chi connectivity index (χ0) is 21.6. The molecule has 1 N–H and O–H groups in total. The molecule has 4 rings (SSSR count). The van der Waals surface area contributed by atoms with Gasteiger partial charge in [-0.25, -0.2) is 0 Å². The fraction of sp³-hybridized carbons (Fsp3) is 0.120. The third-order valence-corrected chi connectivity index (χ3v) is 6.12. The molecule has 0 saturated carbocycles. The second kappa shape index (κ2) is 9.53. The lowest BCUT2D eigenvalue weighted by molar-refractivity contribution is -0.116. The number of rotatable bonds is 6. The van der Waals surface area contributed by atoms with Gasteiger partial charge in [0.05, 0.1) is 18.6 Å². The molecule has 0 aromatic heterocycles. The number of anilines is 2. The highest BCUT2D eigenvalue weighted by molar-refractivity contribution is 8.00. The van der Waals surface area contributed by atoms with E-state index in [2.05, 4.69) is 5.32 Å². The van der Waals surface area contributed by atoms with Crippen LogP contribution in [-0.4, -0.2) is 24.7 Å². The number of nitrogens with one attached hydrogen (secondary N) is 1. The van der Waals surface area contributed by atoms with Gasteiger partial charge in [-0.3, -0.25) is 14.5 Å². The molecule has 3 aromatic carbocycles. The number of para-hydroxylation sites is 3. The van der Waals surface area contributed by atoms with Gasteiger partial charge in [-0.05, 0) is 29.8 Å². The van der Waals surface area contributed by atoms with E-state index in [1.807, 2.05) is 78.9 Å². The first-order valence-corrected chi connectivity index (χ1v) is 10.9. The number of methoxy groups -OCH3 is 1. The van der Waals surface area contributed by atoms with Crippen molar-refractivity contribution in [3.05, 3.63) is 96.1 Å². The molecule has 1 fully saturated rings. The lowest BCUT2D eigenvalue weighted by atomic mass is 10.1. The Morgan fingerprint density at radius 1 is 1.03 bits per heavy atom. The summed E-state index contributed by atoms with van der Waals surface area (Å²) < 4.78 is 5.48. The molecule has 1 aliphatic rings. The van der Waals surface area contributed by atoms with Crippen LogP contribution in [0, 0.1) is 0 Å². The molecule has 1 atom stereocenters. The van der Waals surface area contributed by atoms with Crippen molar-refractivity contribution < 1.29 is 14.3 Å². The van der Waals surface area contributed by atoms with Crippen molar-refractivity contribution in [2.75, 3.05) is 23.1 Å². The monoisotopic (exact) mass is 430 g/mol. The number of hydrogen-bond donors (Lipinski definition) is 1. The van der Waals surface area contributed by atoms with Crippen LogP contribution in [0.15, 0.2) is 84.9 Å². The summed E-state index contributed by atoms with van der Waals surface area (Å²) in [7, 11) is 1.59. The maximum Gasteiger partial charge on any atom is 0.248 e. The Morgan fingerprint density at radius 2 is 1.74 bits per heavy atom. The quantitative estimate of drug-likeness (QED) is 0.551. The molecule has 0 spiro atoms. The van der Waals surface area contributed by atoms with Crippen molar-refractivity contribution in [3.63, 3.8) is 0 Å². The molecular formula is C25H22N2O3S. The van der Waals surface area contributed by atoms with Crippen LogP contribution in [0.25, 0.3) is 6.08 Å². The minimum absolute atomic E-state index is 0.00426. The standard InChI is InChI=1S/C25H22N2O3S/c1-30-22-14-8-7-13-21(22)27-24(29)17-31-25(27)19-11-5-6-12-20(19)26-23(28)16-15-18-9-3-2-4-10-18/h2-16,25H,17H2,1H3,(H,26,28)/b16-15+. The summed E-state index contributed by atoms with van der Waals surface area (Å²) >= 11 is 1.53. The number of nitrogens with zero attached hydrogens (tertiary/aromatic N) is 1. The smallest absolute Gasteiger partial charge is 0.248 e. The van der Waals surface area contributed by atoms with Gasteiger partial charge in [0, 0.05) is 17.3 Å². The fourth-order valence-corrected chi connectivity index (χ4v) is 4.68. The van der Waals surface area contributed by atoms with Gasteiger partial charge in [-0.15, -0.1) is 11.8 Å². The van der Waals surface area contributed by atoms with Crippen LogP contribution < -0.4 is 15.0 Å². The van der Waals surface area contributed by atoms with Crippen molar-refractivity contribution in [2.45, 2.75) is 5.37 Å². The van der Waals surface area contributed by atoms with Gasteiger partial charge >= 0.3 is 0 Å². The molecule has 0 bridgehead atoms. The number of hydrogen-bond acceptors (Lipinski definition) is 4. The summed E-state index contributed by atoms with van der Waals surface area (Å²) in [6.07, 6.45) is 3.28. The third kappa shape index (κ3) is 4.64. The first-order valence-electron chi connectivity index (χ1n) is 9.87. The largest absolute Gasteiger partial charge is 0.495 e. The third-order valence-electron chi connectivity index (χ3n) is 4.92. The molecule has 3 aromatic rings. The van der Waals surface area contributed by atoms with Gasteiger partial charge in [0.15, 0.2) is 0 Å². The molecule has 1 unspecified atom stereocenters. The van der Waals surface area contributed by atoms with Crippen LogP contribution in [0.4, 0.5) is 11.4 Å².